The summed E-state index contributed by atoms with van der Waals surface area (Å²) in [7, 11) is 1.90. The van der Waals surface area contributed by atoms with Crippen LogP contribution in [0.5, 0.6) is 0 Å². The molecule has 0 aromatic heterocycles. The quantitative estimate of drug-likeness (QED) is 0.741. The lowest BCUT2D eigenvalue weighted by molar-refractivity contribution is -0.121. The fourth-order valence-electron chi connectivity index (χ4n) is 1.89. The lowest BCUT2D eigenvalue weighted by atomic mass is 10.0. The van der Waals surface area contributed by atoms with Crippen molar-refractivity contribution < 1.29 is 4.79 Å². The zero-order chi connectivity index (χ0) is 12.7. The summed E-state index contributed by atoms with van der Waals surface area (Å²) in [4.78, 5) is 11.7. The van der Waals surface area contributed by atoms with Crippen LogP contribution in [0.15, 0.2) is 24.3 Å². The molecule has 0 heterocycles. The first-order chi connectivity index (χ1) is 8.15. The highest BCUT2D eigenvalue weighted by Gasteiger charge is 2.10. The zero-order valence-corrected chi connectivity index (χ0v) is 10.9. The van der Waals surface area contributed by atoms with E-state index in [0.717, 1.165) is 13.0 Å². The molecular formula is C14H22N2O. The summed E-state index contributed by atoms with van der Waals surface area (Å²) < 4.78 is 0. The van der Waals surface area contributed by atoms with Crippen molar-refractivity contribution in [1.82, 2.24) is 10.6 Å². The van der Waals surface area contributed by atoms with E-state index in [1.807, 2.05) is 26.1 Å². The predicted molar refractivity (Wildman–Crippen MR) is 70.9 cm³/mol. The molecule has 1 rings (SSSR count). The van der Waals surface area contributed by atoms with E-state index >= 15 is 0 Å². The van der Waals surface area contributed by atoms with Crippen molar-refractivity contribution in [3.63, 3.8) is 0 Å². The second-order valence-electron chi connectivity index (χ2n) is 4.35. The number of rotatable bonds is 6. The molecule has 0 spiro atoms. The first-order valence-corrected chi connectivity index (χ1v) is 6.14. The van der Waals surface area contributed by atoms with E-state index in [4.69, 9.17) is 0 Å². The van der Waals surface area contributed by atoms with Gasteiger partial charge in [-0.3, -0.25) is 4.79 Å². The first-order valence-electron chi connectivity index (χ1n) is 6.14. The average Bonchev–Trinajstić information content (AvgIpc) is 2.29. The number of benzene rings is 1. The molecular weight excluding hydrogens is 212 g/mol. The molecule has 0 aliphatic carbocycles. The SMILES string of the molecule is CNCCCC(=O)NC(C)c1ccccc1C. The summed E-state index contributed by atoms with van der Waals surface area (Å²) in [5.74, 6) is 0.121. The second kappa shape index (κ2) is 7.07. The topological polar surface area (TPSA) is 41.1 Å². The van der Waals surface area contributed by atoms with Gasteiger partial charge in [-0.1, -0.05) is 24.3 Å². The molecule has 1 atom stereocenters. The van der Waals surface area contributed by atoms with Crippen molar-refractivity contribution in [1.29, 1.82) is 0 Å². The largest absolute Gasteiger partial charge is 0.350 e. The second-order valence-corrected chi connectivity index (χ2v) is 4.35. The summed E-state index contributed by atoms with van der Waals surface area (Å²) in [6, 6.07) is 8.23. The fourth-order valence-corrected chi connectivity index (χ4v) is 1.89. The summed E-state index contributed by atoms with van der Waals surface area (Å²) in [6.45, 7) is 4.98. The molecule has 0 fully saturated rings. The molecule has 17 heavy (non-hydrogen) atoms. The highest BCUT2D eigenvalue weighted by Crippen LogP contribution is 2.16. The maximum Gasteiger partial charge on any atom is 0.220 e. The van der Waals surface area contributed by atoms with Gasteiger partial charge in [0.25, 0.3) is 0 Å². The summed E-state index contributed by atoms with van der Waals surface area (Å²) in [5.41, 5.74) is 2.41. The lowest BCUT2D eigenvalue weighted by Gasteiger charge is -2.16. The van der Waals surface area contributed by atoms with Gasteiger partial charge in [-0.15, -0.1) is 0 Å². The van der Waals surface area contributed by atoms with Gasteiger partial charge in [0.1, 0.15) is 0 Å². The zero-order valence-electron chi connectivity index (χ0n) is 10.9. The smallest absolute Gasteiger partial charge is 0.220 e. The number of hydrogen-bond donors (Lipinski definition) is 2. The Balaban J connectivity index is 2.46. The number of carbonyl (C=O) groups excluding carboxylic acids is 1. The monoisotopic (exact) mass is 234 g/mol. The maximum absolute atomic E-state index is 11.7. The molecule has 0 aliphatic rings. The van der Waals surface area contributed by atoms with Crippen LogP contribution in [-0.2, 0) is 4.79 Å². The van der Waals surface area contributed by atoms with E-state index in [1.54, 1.807) is 0 Å². The van der Waals surface area contributed by atoms with Gasteiger partial charge in [0.15, 0.2) is 0 Å². The minimum absolute atomic E-state index is 0.0817. The molecule has 2 N–H and O–H groups in total. The van der Waals surface area contributed by atoms with E-state index in [-0.39, 0.29) is 11.9 Å². The van der Waals surface area contributed by atoms with Crippen molar-refractivity contribution in [2.24, 2.45) is 0 Å². The van der Waals surface area contributed by atoms with Gasteiger partial charge in [0, 0.05) is 6.42 Å². The van der Waals surface area contributed by atoms with E-state index in [1.165, 1.54) is 11.1 Å². The Morgan fingerprint density at radius 3 is 2.71 bits per heavy atom. The van der Waals surface area contributed by atoms with Crippen LogP contribution in [0.2, 0.25) is 0 Å². The molecule has 1 unspecified atom stereocenters. The normalized spacial score (nSPS) is 12.2. The third kappa shape index (κ3) is 4.57. The summed E-state index contributed by atoms with van der Waals surface area (Å²) >= 11 is 0. The molecule has 94 valence electrons. The van der Waals surface area contributed by atoms with Gasteiger partial charge in [0.2, 0.25) is 5.91 Å². The van der Waals surface area contributed by atoms with Crippen molar-refractivity contribution in [3.05, 3.63) is 35.4 Å². The minimum Gasteiger partial charge on any atom is -0.350 e. The van der Waals surface area contributed by atoms with Crippen molar-refractivity contribution >= 4 is 5.91 Å². The Hall–Kier alpha value is -1.35. The van der Waals surface area contributed by atoms with Crippen molar-refractivity contribution in [2.45, 2.75) is 32.7 Å². The van der Waals surface area contributed by atoms with Crippen LogP contribution in [0.3, 0.4) is 0 Å². The lowest BCUT2D eigenvalue weighted by Crippen LogP contribution is -2.27. The van der Waals surface area contributed by atoms with Gasteiger partial charge in [-0.05, 0) is 45.0 Å². The van der Waals surface area contributed by atoms with Crippen LogP contribution in [0.1, 0.15) is 36.9 Å². The predicted octanol–water partition coefficient (Wildman–Crippen LogP) is 2.17. The van der Waals surface area contributed by atoms with E-state index in [9.17, 15) is 4.79 Å². The van der Waals surface area contributed by atoms with Crippen LogP contribution in [0.4, 0.5) is 0 Å². The summed E-state index contributed by atoms with van der Waals surface area (Å²) in [6.07, 6.45) is 1.46. The van der Waals surface area contributed by atoms with Crippen LogP contribution >= 0.6 is 0 Å². The van der Waals surface area contributed by atoms with E-state index in [0.29, 0.717) is 6.42 Å². The minimum atomic E-state index is 0.0817. The van der Waals surface area contributed by atoms with Crippen LogP contribution in [0, 0.1) is 6.92 Å². The number of aryl methyl sites for hydroxylation is 1. The molecule has 1 aromatic rings. The molecule has 0 bridgehead atoms. The Morgan fingerprint density at radius 2 is 2.06 bits per heavy atom. The van der Waals surface area contributed by atoms with Crippen molar-refractivity contribution in [2.75, 3.05) is 13.6 Å². The molecule has 1 aromatic carbocycles. The number of hydrogen-bond acceptors (Lipinski definition) is 2. The number of carbonyl (C=O) groups is 1. The Bertz CT molecular complexity index is 363. The van der Waals surface area contributed by atoms with Crippen LogP contribution < -0.4 is 10.6 Å². The molecule has 3 nitrogen and oxygen atoms in total. The average molecular weight is 234 g/mol. The van der Waals surface area contributed by atoms with Gasteiger partial charge in [-0.2, -0.15) is 0 Å². The Labute approximate surface area is 104 Å². The molecule has 0 saturated carbocycles. The molecule has 1 amide bonds. The Morgan fingerprint density at radius 1 is 1.35 bits per heavy atom. The molecule has 0 aliphatic heterocycles. The van der Waals surface area contributed by atoms with Crippen LogP contribution in [0.25, 0.3) is 0 Å². The molecule has 0 saturated heterocycles. The van der Waals surface area contributed by atoms with E-state index < -0.39 is 0 Å². The standard InChI is InChI=1S/C14H22N2O/c1-11-7-4-5-8-13(11)12(2)16-14(17)9-6-10-15-3/h4-5,7-8,12,15H,6,9-10H2,1-3H3,(H,16,17). The van der Waals surface area contributed by atoms with Gasteiger partial charge in [0.05, 0.1) is 6.04 Å². The third-order valence-electron chi connectivity index (χ3n) is 2.86. The first kappa shape index (κ1) is 13.7. The maximum atomic E-state index is 11.7. The highest BCUT2D eigenvalue weighted by atomic mass is 16.1. The van der Waals surface area contributed by atoms with Gasteiger partial charge in [-0.25, -0.2) is 0 Å². The van der Waals surface area contributed by atoms with Gasteiger partial charge < -0.3 is 10.6 Å². The van der Waals surface area contributed by atoms with E-state index in [2.05, 4.69) is 29.7 Å². The number of amides is 1. The molecule has 3 heteroatoms. The van der Waals surface area contributed by atoms with Crippen molar-refractivity contribution in [3.8, 4) is 0 Å². The van der Waals surface area contributed by atoms with Gasteiger partial charge >= 0.3 is 0 Å². The van der Waals surface area contributed by atoms with Crippen LogP contribution in [-0.4, -0.2) is 19.5 Å². The highest BCUT2D eigenvalue weighted by molar-refractivity contribution is 5.76. The number of nitrogens with one attached hydrogen (secondary N) is 2. The third-order valence-corrected chi connectivity index (χ3v) is 2.86. The fraction of sp³-hybridized carbons (Fsp3) is 0.500. The Kier molecular flexibility index (Phi) is 5.70. The summed E-state index contributed by atoms with van der Waals surface area (Å²) in [5, 5.41) is 6.07. The molecule has 0 radical (unpaired) electrons.